The summed E-state index contributed by atoms with van der Waals surface area (Å²) < 4.78 is 18.1. The van der Waals surface area contributed by atoms with E-state index in [0.717, 1.165) is 11.6 Å². The third-order valence-electron chi connectivity index (χ3n) is 3.12. The van der Waals surface area contributed by atoms with Gasteiger partial charge < -0.3 is 15.4 Å². The standard InChI is InChI=1S/C17H17FN2O3/c1-23-15-7-2-4-12(8-15)10-19-16(21)11-20-17(22)13-5-3-6-14(18)9-13/h2-9H,10-11H2,1H3,(H,19,21)(H,20,22). The lowest BCUT2D eigenvalue weighted by Crippen LogP contribution is -2.36. The molecule has 5 nitrogen and oxygen atoms in total. The first-order valence-electron chi connectivity index (χ1n) is 7.02. The van der Waals surface area contributed by atoms with Gasteiger partial charge in [0.2, 0.25) is 5.91 Å². The molecule has 0 fully saturated rings. The number of amides is 2. The monoisotopic (exact) mass is 316 g/mol. The minimum absolute atomic E-state index is 0.172. The van der Waals surface area contributed by atoms with Gasteiger partial charge in [0.05, 0.1) is 13.7 Å². The van der Waals surface area contributed by atoms with E-state index >= 15 is 0 Å². The molecule has 0 spiro atoms. The Hall–Kier alpha value is -2.89. The molecular formula is C17H17FN2O3. The molecule has 0 aliphatic heterocycles. The van der Waals surface area contributed by atoms with Crippen molar-refractivity contribution in [2.75, 3.05) is 13.7 Å². The fraction of sp³-hybridized carbons (Fsp3) is 0.176. The molecule has 120 valence electrons. The van der Waals surface area contributed by atoms with E-state index in [0.29, 0.717) is 12.3 Å². The minimum atomic E-state index is -0.500. The van der Waals surface area contributed by atoms with Crippen LogP contribution in [0.2, 0.25) is 0 Å². The van der Waals surface area contributed by atoms with Crippen molar-refractivity contribution < 1.29 is 18.7 Å². The molecule has 2 amide bonds. The molecule has 0 aliphatic rings. The largest absolute Gasteiger partial charge is 0.497 e. The van der Waals surface area contributed by atoms with Crippen LogP contribution in [0.25, 0.3) is 0 Å². The Balaban J connectivity index is 1.79. The van der Waals surface area contributed by atoms with E-state index in [4.69, 9.17) is 4.74 Å². The van der Waals surface area contributed by atoms with Crippen LogP contribution < -0.4 is 15.4 Å². The van der Waals surface area contributed by atoms with Crippen LogP contribution in [0.3, 0.4) is 0 Å². The first-order chi connectivity index (χ1) is 11.1. The van der Waals surface area contributed by atoms with Gasteiger partial charge in [0.15, 0.2) is 0 Å². The van der Waals surface area contributed by atoms with Gasteiger partial charge in [-0.1, -0.05) is 18.2 Å². The zero-order chi connectivity index (χ0) is 16.7. The van der Waals surface area contributed by atoms with Crippen molar-refractivity contribution in [3.63, 3.8) is 0 Å². The molecule has 6 heteroatoms. The number of carbonyl (C=O) groups is 2. The van der Waals surface area contributed by atoms with Crippen molar-refractivity contribution >= 4 is 11.8 Å². The predicted octanol–water partition coefficient (Wildman–Crippen LogP) is 1.88. The van der Waals surface area contributed by atoms with Gasteiger partial charge in [-0.3, -0.25) is 9.59 Å². The molecule has 0 saturated carbocycles. The number of carbonyl (C=O) groups excluding carboxylic acids is 2. The number of halogens is 1. The Morgan fingerprint density at radius 1 is 1.09 bits per heavy atom. The molecule has 2 aromatic carbocycles. The first-order valence-corrected chi connectivity index (χ1v) is 7.02. The number of ether oxygens (including phenoxy) is 1. The summed E-state index contributed by atoms with van der Waals surface area (Å²) in [5, 5.41) is 5.13. The zero-order valence-electron chi connectivity index (χ0n) is 12.6. The lowest BCUT2D eigenvalue weighted by atomic mass is 10.2. The normalized spacial score (nSPS) is 10.0. The average Bonchev–Trinajstić information content (AvgIpc) is 2.58. The van der Waals surface area contributed by atoms with Crippen molar-refractivity contribution in [1.82, 2.24) is 10.6 Å². The van der Waals surface area contributed by atoms with Crippen molar-refractivity contribution in [2.24, 2.45) is 0 Å². The highest BCUT2D eigenvalue weighted by Crippen LogP contribution is 2.12. The molecule has 2 rings (SSSR count). The highest BCUT2D eigenvalue weighted by atomic mass is 19.1. The third-order valence-corrected chi connectivity index (χ3v) is 3.12. The van der Waals surface area contributed by atoms with E-state index < -0.39 is 11.7 Å². The molecule has 0 aromatic heterocycles. The van der Waals surface area contributed by atoms with E-state index in [1.165, 1.54) is 18.2 Å². The second-order valence-electron chi connectivity index (χ2n) is 4.82. The van der Waals surface area contributed by atoms with Crippen LogP contribution in [-0.2, 0) is 11.3 Å². The third kappa shape index (κ3) is 5.10. The number of hydrogen-bond donors (Lipinski definition) is 2. The van der Waals surface area contributed by atoms with Gasteiger partial charge in [0.1, 0.15) is 11.6 Å². The van der Waals surface area contributed by atoms with Gasteiger partial charge in [0.25, 0.3) is 5.91 Å². The average molecular weight is 316 g/mol. The summed E-state index contributed by atoms with van der Waals surface area (Å²) >= 11 is 0. The van der Waals surface area contributed by atoms with Gasteiger partial charge in [-0.05, 0) is 35.9 Å². The molecule has 2 N–H and O–H groups in total. The van der Waals surface area contributed by atoms with E-state index in [1.807, 2.05) is 24.3 Å². The maximum absolute atomic E-state index is 13.0. The SMILES string of the molecule is COc1cccc(CNC(=O)CNC(=O)c2cccc(F)c2)c1. The van der Waals surface area contributed by atoms with E-state index in [-0.39, 0.29) is 18.0 Å². The molecule has 0 saturated heterocycles. The smallest absolute Gasteiger partial charge is 0.251 e. The van der Waals surface area contributed by atoms with Gasteiger partial charge in [-0.2, -0.15) is 0 Å². The topological polar surface area (TPSA) is 67.4 Å². The Kier molecular flexibility index (Phi) is 5.68. The summed E-state index contributed by atoms with van der Waals surface area (Å²) in [7, 11) is 1.57. The number of methoxy groups -OCH3 is 1. The Labute approximate surface area is 133 Å². The highest BCUT2D eigenvalue weighted by Gasteiger charge is 2.08. The van der Waals surface area contributed by atoms with Crippen LogP contribution in [0, 0.1) is 5.82 Å². The lowest BCUT2D eigenvalue weighted by Gasteiger charge is -2.08. The molecular weight excluding hydrogens is 299 g/mol. The molecule has 0 unspecified atom stereocenters. The van der Waals surface area contributed by atoms with E-state index in [1.54, 1.807) is 7.11 Å². The van der Waals surface area contributed by atoms with Crippen LogP contribution in [0.1, 0.15) is 15.9 Å². The van der Waals surface area contributed by atoms with Crippen molar-refractivity contribution in [3.05, 3.63) is 65.5 Å². The van der Waals surface area contributed by atoms with Gasteiger partial charge >= 0.3 is 0 Å². The summed E-state index contributed by atoms with van der Waals surface area (Å²) in [6, 6.07) is 12.6. The summed E-state index contributed by atoms with van der Waals surface area (Å²) in [6.07, 6.45) is 0. The molecule has 0 radical (unpaired) electrons. The van der Waals surface area contributed by atoms with Crippen LogP contribution in [-0.4, -0.2) is 25.5 Å². The molecule has 0 atom stereocenters. The Morgan fingerprint density at radius 2 is 1.87 bits per heavy atom. The van der Waals surface area contributed by atoms with Crippen molar-refractivity contribution in [2.45, 2.75) is 6.54 Å². The van der Waals surface area contributed by atoms with Crippen LogP contribution in [0.15, 0.2) is 48.5 Å². The van der Waals surface area contributed by atoms with Crippen LogP contribution in [0.5, 0.6) is 5.75 Å². The first kappa shape index (κ1) is 16.5. The van der Waals surface area contributed by atoms with Gasteiger partial charge in [-0.25, -0.2) is 4.39 Å². The molecule has 2 aromatic rings. The van der Waals surface area contributed by atoms with E-state index in [9.17, 15) is 14.0 Å². The summed E-state index contributed by atoms with van der Waals surface area (Å²) in [5.74, 6) is -0.630. The second kappa shape index (κ2) is 7.93. The Morgan fingerprint density at radius 3 is 2.61 bits per heavy atom. The van der Waals surface area contributed by atoms with Crippen LogP contribution in [0.4, 0.5) is 4.39 Å². The van der Waals surface area contributed by atoms with E-state index in [2.05, 4.69) is 10.6 Å². The second-order valence-corrected chi connectivity index (χ2v) is 4.82. The maximum Gasteiger partial charge on any atom is 0.251 e. The fourth-order valence-electron chi connectivity index (χ4n) is 1.94. The number of nitrogens with one attached hydrogen (secondary N) is 2. The van der Waals surface area contributed by atoms with Gasteiger partial charge in [0, 0.05) is 12.1 Å². The maximum atomic E-state index is 13.0. The van der Waals surface area contributed by atoms with Gasteiger partial charge in [-0.15, -0.1) is 0 Å². The highest BCUT2D eigenvalue weighted by molar-refractivity contribution is 5.96. The summed E-state index contributed by atoms with van der Waals surface area (Å²) in [6.45, 7) is 0.144. The van der Waals surface area contributed by atoms with Crippen molar-refractivity contribution in [3.8, 4) is 5.75 Å². The quantitative estimate of drug-likeness (QED) is 0.855. The summed E-state index contributed by atoms with van der Waals surface area (Å²) in [4.78, 5) is 23.5. The molecule has 0 heterocycles. The van der Waals surface area contributed by atoms with Crippen LogP contribution >= 0.6 is 0 Å². The number of rotatable bonds is 6. The fourth-order valence-corrected chi connectivity index (χ4v) is 1.94. The Bertz CT molecular complexity index is 704. The predicted molar refractivity (Wildman–Crippen MR) is 83.6 cm³/mol. The number of hydrogen-bond acceptors (Lipinski definition) is 3. The minimum Gasteiger partial charge on any atom is -0.497 e. The summed E-state index contributed by atoms with van der Waals surface area (Å²) in [5.41, 5.74) is 1.06. The lowest BCUT2D eigenvalue weighted by molar-refractivity contribution is -0.120. The van der Waals surface area contributed by atoms with Crippen molar-refractivity contribution in [1.29, 1.82) is 0 Å². The zero-order valence-corrected chi connectivity index (χ0v) is 12.6. The molecule has 23 heavy (non-hydrogen) atoms. The molecule has 0 bridgehead atoms. The number of benzene rings is 2. The molecule has 0 aliphatic carbocycles.